The third-order valence-electron chi connectivity index (χ3n) is 9.35. The summed E-state index contributed by atoms with van der Waals surface area (Å²) in [4.78, 5) is 9.22. The molecule has 1 radical (unpaired) electrons. The first-order valence-electron chi connectivity index (χ1n) is 18.1. The van der Waals surface area contributed by atoms with Crippen LogP contribution in [-0.2, 0) is 26.5 Å². The summed E-state index contributed by atoms with van der Waals surface area (Å²) in [5, 5.41) is 2.20. The van der Waals surface area contributed by atoms with Crippen LogP contribution in [0.2, 0.25) is 17.3 Å². The van der Waals surface area contributed by atoms with Crippen LogP contribution in [0.25, 0.3) is 66.7 Å². The average Bonchev–Trinajstić information content (AvgIpc) is 3.53. The zero-order valence-corrected chi connectivity index (χ0v) is 35.7. The van der Waals surface area contributed by atoms with Crippen molar-refractivity contribution in [3.8, 4) is 44.8 Å². The van der Waals surface area contributed by atoms with Gasteiger partial charge in [-0.25, -0.2) is 0 Å². The Morgan fingerprint density at radius 1 is 0.660 bits per heavy atom. The molecule has 0 aliphatic rings. The van der Waals surface area contributed by atoms with E-state index in [-0.39, 0.29) is 20.1 Å². The van der Waals surface area contributed by atoms with Crippen LogP contribution >= 0.6 is 0 Å². The smallest absolute Gasteiger partial charge is 0 e. The van der Waals surface area contributed by atoms with Gasteiger partial charge in [-0.1, -0.05) is 103 Å². The molecule has 0 saturated carbocycles. The van der Waals surface area contributed by atoms with E-state index in [2.05, 4.69) is 169 Å². The van der Waals surface area contributed by atoms with Gasteiger partial charge in [0.15, 0.2) is 0 Å². The van der Waals surface area contributed by atoms with E-state index >= 15 is 0 Å². The molecule has 0 aliphatic heterocycles. The first kappa shape index (κ1) is 38.1. The fraction of sp³-hybridized carbons (Fsp3) is 0.167. The normalized spacial score (nSPS) is 11.3. The van der Waals surface area contributed by atoms with Gasteiger partial charge in [-0.15, -0.1) is 18.2 Å². The van der Waals surface area contributed by atoms with Gasteiger partial charge in [0.2, 0.25) is 0 Å². The average molecular weight is 930 g/mol. The van der Waals surface area contributed by atoms with Gasteiger partial charge in [-0.2, -0.15) is 0 Å². The van der Waals surface area contributed by atoms with Crippen LogP contribution in [0.15, 0.2) is 144 Å². The SMILES string of the molecule is CC(C)Cc1ccnc(-c2[c-]ccc3c2oc2cc(-c4ccc(-c5ccccc5)cc4)ccc23)c1.Cc1cc[c-]c(-c2cc[c]([Ge]([CH3])([CH3])[CH3])cn2)c1.[Ir]. The van der Waals surface area contributed by atoms with Crippen molar-refractivity contribution >= 4 is 39.6 Å². The molecule has 3 nitrogen and oxygen atoms in total. The van der Waals surface area contributed by atoms with E-state index in [0.29, 0.717) is 5.92 Å². The van der Waals surface area contributed by atoms with Gasteiger partial charge in [0, 0.05) is 31.7 Å². The first-order chi connectivity index (χ1) is 25.1. The van der Waals surface area contributed by atoms with Crippen molar-refractivity contribution < 1.29 is 24.5 Å². The molecular formula is C48H44GeIrN2O-2. The van der Waals surface area contributed by atoms with Gasteiger partial charge in [0.05, 0.1) is 5.58 Å². The number of hydrogen-bond donors (Lipinski definition) is 0. The predicted molar refractivity (Wildman–Crippen MR) is 221 cm³/mol. The summed E-state index contributed by atoms with van der Waals surface area (Å²) in [5.41, 5.74) is 12.9. The second-order valence-corrected chi connectivity index (χ2v) is 25.6. The molecule has 0 saturated heterocycles. The van der Waals surface area contributed by atoms with E-state index in [1.165, 1.54) is 32.2 Å². The van der Waals surface area contributed by atoms with E-state index in [1.807, 2.05) is 30.6 Å². The van der Waals surface area contributed by atoms with Crippen LogP contribution in [0.4, 0.5) is 0 Å². The fourth-order valence-corrected chi connectivity index (χ4v) is 8.70. The third kappa shape index (κ3) is 8.96. The molecule has 0 fully saturated rings. The third-order valence-corrected chi connectivity index (χ3v) is 13.6. The molecule has 267 valence electrons. The molecule has 5 heteroatoms. The fourth-order valence-electron chi connectivity index (χ4n) is 6.53. The quantitative estimate of drug-likeness (QED) is 0.118. The molecular weight excluding hydrogens is 885 g/mol. The van der Waals surface area contributed by atoms with Crippen LogP contribution in [-0.4, -0.2) is 23.2 Å². The Morgan fingerprint density at radius 2 is 1.36 bits per heavy atom. The predicted octanol–water partition coefficient (Wildman–Crippen LogP) is 12.4. The minimum absolute atomic E-state index is 0. The monoisotopic (exact) mass is 931 g/mol. The van der Waals surface area contributed by atoms with Crippen LogP contribution in [0.1, 0.15) is 25.0 Å². The van der Waals surface area contributed by atoms with Crippen LogP contribution in [0.5, 0.6) is 0 Å². The number of hydrogen-bond acceptors (Lipinski definition) is 3. The minimum atomic E-state index is -1.73. The maximum atomic E-state index is 6.44. The number of fused-ring (bicyclic) bond motifs is 3. The molecule has 8 aromatic rings. The van der Waals surface area contributed by atoms with Crippen LogP contribution < -0.4 is 4.40 Å². The summed E-state index contributed by atoms with van der Waals surface area (Å²) in [6.07, 6.45) is 4.96. The molecule has 0 atom stereocenters. The molecule has 0 N–H and O–H groups in total. The van der Waals surface area contributed by atoms with Crippen molar-refractivity contribution in [3.05, 3.63) is 163 Å². The Balaban J connectivity index is 0.000000226. The van der Waals surface area contributed by atoms with Gasteiger partial charge in [0.1, 0.15) is 5.58 Å². The maximum absolute atomic E-state index is 6.44. The van der Waals surface area contributed by atoms with E-state index in [1.54, 1.807) is 0 Å². The second-order valence-electron chi connectivity index (χ2n) is 15.0. The summed E-state index contributed by atoms with van der Waals surface area (Å²) in [6, 6.07) is 51.1. The molecule has 3 aromatic heterocycles. The Hall–Kier alpha value is -4.61. The van der Waals surface area contributed by atoms with Crippen LogP contribution in [0.3, 0.4) is 0 Å². The summed E-state index contributed by atoms with van der Waals surface area (Å²) in [7, 11) is 0. The Labute approximate surface area is 330 Å². The Morgan fingerprint density at radius 3 is 2.04 bits per heavy atom. The van der Waals surface area contributed by atoms with Gasteiger partial charge < -0.3 is 9.40 Å². The van der Waals surface area contributed by atoms with Gasteiger partial charge >= 0.3 is 106 Å². The molecule has 8 rings (SSSR count). The van der Waals surface area contributed by atoms with E-state index in [9.17, 15) is 0 Å². The molecule has 0 amide bonds. The van der Waals surface area contributed by atoms with Crippen molar-refractivity contribution in [1.82, 2.24) is 9.97 Å². The largest absolute Gasteiger partial charge is 0 e. The Bertz CT molecular complexity index is 2440. The standard InChI is InChI=1S/C33H26NO.C15H18GeN.Ir/c1-22(2)19-23-17-18-34-31(20-23)30-10-6-9-29-28-16-15-27(21-32(28)35-33(29)30)26-13-11-25(12-14-26)24-7-4-3-5-8-24;1-12-6-5-7-13(10-12)15-9-8-14(11-17-15)16(2,3)4;/h3-9,11-18,20-22H,19H2,1-2H3;5-6,8-11H,1-4H3;/q2*-1;. The number of furan rings is 1. The summed E-state index contributed by atoms with van der Waals surface area (Å²) >= 11 is -1.73. The molecule has 3 heterocycles. The van der Waals surface area contributed by atoms with Crippen molar-refractivity contribution in [1.29, 1.82) is 0 Å². The van der Waals surface area contributed by atoms with E-state index < -0.39 is 13.3 Å². The molecule has 5 aromatic carbocycles. The van der Waals surface area contributed by atoms with Crippen molar-refractivity contribution in [2.45, 2.75) is 44.5 Å². The zero-order valence-electron chi connectivity index (χ0n) is 31.2. The number of aryl methyl sites for hydroxylation is 1. The van der Waals surface area contributed by atoms with E-state index in [4.69, 9.17) is 4.42 Å². The summed E-state index contributed by atoms with van der Waals surface area (Å²) in [5.74, 6) is 7.75. The van der Waals surface area contributed by atoms with Gasteiger partial charge in [-0.3, -0.25) is 0 Å². The zero-order chi connectivity index (χ0) is 36.2. The van der Waals surface area contributed by atoms with Crippen molar-refractivity contribution in [3.63, 3.8) is 0 Å². The van der Waals surface area contributed by atoms with E-state index in [0.717, 1.165) is 56.4 Å². The maximum Gasteiger partial charge on any atom is 0 e. The van der Waals surface area contributed by atoms with Gasteiger partial charge in [-0.05, 0) is 52.4 Å². The second kappa shape index (κ2) is 16.6. The van der Waals surface area contributed by atoms with Gasteiger partial charge in [0.25, 0.3) is 0 Å². The topological polar surface area (TPSA) is 38.9 Å². The molecule has 0 unspecified atom stereocenters. The number of pyridine rings is 2. The Kier molecular flexibility index (Phi) is 11.9. The van der Waals surface area contributed by atoms with Crippen molar-refractivity contribution in [2.75, 3.05) is 0 Å². The molecule has 0 spiro atoms. The minimum Gasteiger partial charge on any atom is 0 e. The molecule has 0 bridgehead atoms. The number of nitrogens with zero attached hydrogens (tertiary/aromatic N) is 2. The number of aromatic nitrogens is 2. The van der Waals surface area contributed by atoms with Crippen molar-refractivity contribution in [2.24, 2.45) is 5.92 Å². The first-order valence-corrected chi connectivity index (χ1v) is 25.4. The number of rotatable bonds is 7. The number of benzene rings is 5. The summed E-state index contributed by atoms with van der Waals surface area (Å²) < 4.78 is 7.89. The molecule has 0 aliphatic carbocycles. The van der Waals surface area contributed by atoms with Crippen LogP contribution in [0, 0.1) is 25.0 Å². The molecule has 53 heavy (non-hydrogen) atoms. The summed E-state index contributed by atoms with van der Waals surface area (Å²) in [6.45, 7) is 6.56.